The molecule has 0 aliphatic carbocycles. The van der Waals surface area contributed by atoms with Crippen molar-refractivity contribution in [2.75, 3.05) is 13.2 Å². The molecule has 12 nitrogen and oxygen atoms in total. The van der Waals surface area contributed by atoms with Crippen LogP contribution in [0.3, 0.4) is 0 Å². The molecule has 0 aromatic carbocycles. The second-order valence-electron chi connectivity index (χ2n) is 7.08. The van der Waals surface area contributed by atoms with Crippen molar-refractivity contribution in [3.05, 3.63) is 0 Å². The maximum absolute atomic E-state index is 12.6. The number of unbranched alkanes of at least 4 members (excludes halogenated alkanes) is 1. The van der Waals surface area contributed by atoms with Crippen LogP contribution >= 0.6 is 0 Å². The lowest BCUT2D eigenvalue weighted by Crippen LogP contribution is -2.65. The zero-order chi connectivity index (χ0) is 24.1. The number of alkyl halides is 3. The predicted molar refractivity (Wildman–Crippen MR) is 92.7 cm³/mol. The molecule has 0 aromatic rings. The fourth-order valence-electron chi connectivity index (χ4n) is 2.99. The number of ether oxygens (including phenoxy) is 2. The molecule has 182 valence electrons. The summed E-state index contributed by atoms with van der Waals surface area (Å²) in [5.74, 6) is -4.50. The normalized spacial score (nSPS) is 28.7. The second kappa shape index (κ2) is 11.0. The fourth-order valence-corrected chi connectivity index (χ4v) is 2.99. The van der Waals surface area contributed by atoms with E-state index >= 15 is 0 Å². The molecule has 0 bridgehead atoms. The summed E-state index contributed by atoms with van der Waals surface area (Å²) >= 11 is 0. The first-order chi connectivity index (χ1) is 15.0. The van der Waals surface area contributed by atoms with Crippen LogP contribution in [0.2, 0.25) is 0 Å². The summed E-state index contributed by atoms with van der Waals surface area (Å²) in [4.78, 5) is 50.4. The van der Waals surface area contributed by atoms with Crippen molar-refractivity contribution in [1.82, 2.24) is 10.4 Å². The first kappa shape index (κ1) is 25.9. The maximum Gasteiger partial charge on any atom is 0.471 e. The third-order valence-corrected chi connectivity index (χ3v) is 4.69. The summed E-state index contributed by atoms with van der Waals surface area (Å²) in [7, 11) is 0. The van der Waals surface area contributed by atoms with Crippen LogP contribution in [0.5, 0.6) is 0 Å². The molecule has 5 atom stereocenters. The van der Waals surface area contributed by atoms with E-state index in [0.717, 1.165) is 0 Å². The molecule has 2 saturated heterocycles. The largest absolute Gasteiger partial charge is 0.471 e. The molecule has 3 unspecified atom stereocenters. The van der Waals surface area contributed by atoms with Gasteiger partial charge in [0.25, 0.3) is 11.8 Å². The highest BCUT2D eigenvalue weighted by Gasteiger charge is 2.49. The molecular formula is C17H23F3N2O10. The maximum atomic E-state index is 12.6. The lowest BCUT2D eigenvalue weighted by atomic mass is 9.97. The number of nitrogens with one attached hydrogen (secondary N) is 1. The number of rotatable bonds is 9. The summed E-state index contributed by atoms with van der Waals surface area (Å²) in [6.07, 6.45) is -12.0. The smallest absolute Gasteiger partial charge is 0.394 e. The molecule has 3 amide bonds. The Balaban J connectivity index is 1.83. The van der Waals surface area contributed by atoms with Crippen molar-refractivity contribution in [2.24, 2.45) is 0 Å². The van der Waals surface area contributed by atoms with E-state index < -0.39 is 67.1 Å². The van der Waals surface area contributed by atoms with Crippen molar-refractivity contribution in [2.45, 2.75) is 68.9 Å². The minimum atomic E-state index is -5.26. The molecule has 2 rings (SSSR count). The van der Waals surface area contributed by atoms with Gasteiger partial charge in [-0.1, -0.05) is 0 Å². The van der Waals surface area contributed by atoms with Crippen LogP contribution in [0.15, 0.2) is 0 Å². The molecule has 15 heteroatoms. The number of hydrogen-bond acceptors (Lipinski definition) is 10. The second-order valence-corrected chi connectivity index (χ2v) is 7.08. The minimum Gasteiger partial charge on any atom is -0.394 e. The Labute approximate surface area is 179 Å². The average molecular weight is 472 g/mol. The highest BCUT2D eigenvalue weighted by Crippen LogP contribution is 2.24. The van der Waals surface area contributed by atoms with Crippen LogP contribution in [-0.2, 0) is 33.5 Å². The molecule has 32 heavy (non-hydrogen) atoms. The topological polar surface area (TPSA) is 172 Å². The number of carbonyl (C=O) groups excluding carboxylic acids is 4. The Morgan fingerprint density at radius 3 is 2.31 bits per heavy atom. The Morgan fingerprint density at radius 1 is 1.12 bits per heavy atom. The van der Waals surface area contributed by atoms with E-state index in [9.17, 15) is 47.7 Å². The van der Waals surface area contributed by atoms with Crippen molar-refractivity contribution >= 4 is 23.7 Å². The Hall–Kier alpha value is -2.33. The highest BCUT2D eigenvalue weighted by atomic mass is 19.4. The third kappa shape index (κ3) is 6.59. The number of hydroxylamine groups is 2. The van der Waals surface area contributed by atoms with Crippen LogP contribution in [0.25, 0.3) is 0 Å². The summed E-state index contributed by atoms with van der Waals surface area (Å²) in [6.45, 7) is -0.989. The highest BCUT2D eigenvalue weighted by molar-refractivity contribution is 6.01. The molecule has 2 aliphatic rings. The van der Waals surface area contributed by atoms with Crippen LogP contribution in [0.1, 0.15) is 32.1 Å². The predicted octanol–water partition coefficient (Wildman–Crippen LogP) is -1.73. The number of halogens is 3. The van der Waals surface area contributed by atoms with E-state index in [1.54, 1.807) is 0 Å². The molecule has 2 aliphatic heterocycles. The summed E-state index contributed by atoms with van der Waals surface area (Å²) in [5.41, 5.74) is 0. The Bertz CT molecular complexity index is 703. The van der Waals surface area contributed by atoms with Gasteiger partial charge in [0.1, 0.15) is 24.4 Å². The van der Waals surface area contributed by atoms with Crippen LogP contribution < -0.4 is 5.32 Å². The first-order valence-corrected chi connectivity index (χ1v) is 9.64. The van der Waals surface area contributed by atoms with Crippen LogP contribution in [0, 0.1) is 0 Å². The zero-order valence-corrected chi connectivity index (χ0v) is 16.6. The summed E-state index contributed by atoms with van der Waals surface area (Å²) in [6, 6.07) is -1.79. The van der Waals surface area contributed by atoms with Gasteiger partial charge in [0.2, 0.25) is 0 Å². The van der Waals surface area contributed by atoms with Gasteiger partial charge < -0.3 is 34.9 Å². The van der Waals surface area contributed by atoms with Gasteiger partial charge in [0.15, 0.2) is 6.29 Å². The van der Waals surface area contributed by atoms with Gasteiger partial charge in [-0.3, -0.25) is 14.4 Å². The number of carbonyl (C=O) groups is 4. The molecule has 0 radical (unpaired) electrons. The lowest BCUT2D eigenvalue weighted by molar-refractivity contribution is -0.272. The first-order valence-electron chi connectivity index (χ1n) is 9.64. The van der Waals surface area contributed by atoms with E-state index in [-0.39, 0.29) is 38.7 Å². The fraction of sp³-hybridized carbons (Fsp3) is 0.765. The van der Waals surface area contributed by atoms with E-state index in [2.05, 4.69) is 4.84 Å². The monoisotopic (exact) mass is 472 g/mol. The van der Waals surface area contributed by atoms with Crippen LogP contribution in [0.4, 0.5) is 13.2 Å². The van der Waals surface area contributed by atoms with Crippen molar-refractivity contribution in [1.29, 1.82) is 0 Å². The van der Waals surface area contributed by atoms with Gasteiger partial charge in [-0.05, 0) is 12.8 Å². The van der Waals surface area contributed by atoms with Gasteiger partial charge in [0.05, 0.1) is 6.61 Å². The van der Waals surface area contributed by atoms with E-state index in [4.69, 9.17) is 9.47 Å². The number of aliphatic hydroxyl groups is 3. The molecule has 2 fully saturated rings. The van der Waals surface area contributed by atoms with Crippen molar-refractivity contribution in [3.63, 3.8) is 0 Å². The van der Waals surface area contributed by atoms with E-state index in [1.807, 2.05) is 0 Å². The van der Waals surface area contributed by atoms with Crippen molar-refractivity contribution in [3.8, 4) is 0 Å². The number of hydrogen-bond donors (Lipinski definition) is 4. The molecule has 4 N–H and O–H groups in total. The summed E-state index contributed by atoms with van der Waals surface area (Å²) in [5, 5.41) is 31.0. The van der Waals surface area contributed by atoms with Gasteiger partial charge in [0, 0.05) is 25.9 Å². The van der Waals surface area contributed by atoms with Gasteiger partial charge >= 0.3 is 18.1 Å². The number of imide groups is 1. The number of amides is 3. The summed E-state index contributed by atoms with van der Waals surface area (Å²) < 4.78 is 48.1. The standard InChI is InChI=1S/C17H23F3N2O10/c18-17(19,20)16(29)21-12-14(28)13(27)8(7-23)31-15(12)30-6-2-1-3-11(26)32-22-9(24)4-5-10(22)25/h8,12-15,23,27-28H,1-7H2,(H,21,29)/t8?,12?,13-,14+,15?/m0/s1. The average Bonchev–Trinajstić information content (AvgIpc) is 3.03. The molecular weight excluding hydrogens is 449 g/mol. The van der Waals surface area contributed by atoms with Gasteiger partial charge in [-0.25, -0.2) is 4.79 Å². The Kier molecular flexibility index (Phi) is 8.91. The third-order valence-electron chi connectivity index (χ3n) is 4.69. The zero-order valence-electron chi connectivity index (χ0n) is 16.6. The minimum absolute atomic E-state index is 0.0528. The Morgan fingerprint density at radius 2 is 1.75 bits per heavy atom. The molecule has 2 heterocycles. The number of nitrogens with zero attached hydrogens (tertiary/aromatic N) is 1. The molecule has 0 aromatic heterocycles. The van der Waals surface area contributed by atoms with E-state index in [1.165, 1.54) is 5.32 Å². The molecule has 0 saturated carbocycles. The van der Waals surface area contributed by atoms with Gasteiger partial charge in [-0.15, -0.1) is 5.06 Å². The van der Waals surface area contributed by atoms with E-state index in [0.29, 0.717) is 5.06 Å². The quantitative estimate of drug-likeness (QED) is 0.223. The number of aliphatic hydroxyl groups excluding tert-OH is 3. The molecule has 0 spiro atoms. The van der Waals surface area contributed by atoms with Gasteiger partial charge in [-0.2, -0.15) is 13.2 Å². The van der Waals surface area contributed by atoms with Crippen molar-refractivity contribution < 1.29 is 62.0 Å². The van der Waals surface area contributed by atoms with Crippen LogP contribution in [-0.4, -0.2) is 94.1 Å². The SMILES string of the molecule is O=C(CCCCOC1OC(CO)[C@H](O)[C@H](O)C1NC(=O)C(F)(F)F)ON1C(=O)CCC1=O. The lowest BCUT2D eigenvalue weighted by Gasteiger charge is -2.42.